The van der Waals surface area contributed by atoms with Crippen LogP contribution >= 0.6 is 0 Å². The topological polar surface area (TPSA) is 68.5 Å². The van der Waals surface area contributed by atoms with E-state index in [4.69, 9.17) is 4.74 Å². The van der Waals surface area contributed by atoms with Crippen LogP contribution in [0.3, 0.4) is 0 Å². The van der Waals surface area contributed by atoms with Crippen LogP contribution in [0.2, 0.25) is 0 Å². The maximum absolute atomic E-state index is 11.3. The number of hydrogen-bond donors (Lipinski definition) is 0. The SMILES string of the molecule is COc1ccc(CN2c3ccncc3C=Cc3ccc([N+](=O)[O-])cc32)cc1. The highest BCUT2D eigenvalue weighted by Crippen LogP contribution is 2.38. The van der Waals surface area contributed by atoms with Gasteiger partial charge in [-0.25, -0.2) is 0 Å². The van der Waals surface area contributed by atoms with E-state index in [0.29, 0.717) is 6.54 Å². The molecule has 0 unspecified atom stereocenters. The molecule has 0 saturated heterocycles. The van der Waals surface area contributed by atoms with Gasteiger partial charge in [0.2, 0.25) is 0 Å². The molecular formula is C21H17N3O3. The molecule has 2 heterocycles. The fourth-order valence-corrected chi connectivity index (χ4v) is 3.19. The van der Waals surface area contributed by atoms with Crippen molar-refractivity contribution in [1.29, 1.82) is 0 Å². The van der Waals surface area contributed by atoms with Gasteiger partial charge in [-0.2, -0.15) is 0 Å². The largest absolute Gasteiger partial charge is 0.497 e. The number of rotatable bonds is 4. The van der Waals surface area contributed by atoms with E-state index in [2.05, 4.69) is 9.88 Å². The number of anilines is 2. The first kappa shape index (κ1) is 16.8. The molecule has 0 aliphatic carbocycles. The van der Waals surface area contributed by atoms with E-state index < -0.39 is 0 Å². The summed E-state index contributed by atoms with van der Waals surface area (Å²) in [5, 5.41) is 11.3. The van der Waals surface area contributed by atoms with E-state index in [-0.39, 0.29) is 10.6 Å². The van der Waals surface area contributed by atoms with Crippen LogP contribution in [0.1, 0.15) is 16.7 Å². The van der Waals surface area contributed by atoms with Crippen LogP contribution in [0.5, 0.6) is 5.75 Å². The first-order chi connectivity index (χ1) is 13.2. The monoisotopic (exact) mass is 359 g/mol. The smallest absolute Gasteiger partial charge is 0.271 e. The van der Waals surface area contributed by atoms with Gasteiger partial charge in [0.1, 0.15) is 5.75 Å². The van der Waals surface area contributed by atoms with Gasteiger partial charge in [-0.3, -0.25) is 15.1 Å². The van der Waals surface area contributed by atoms with Gasteiger partial charge in [-0.05, 0) is 35.4 Å². The van der Waals surface area contributed by atoms with E-state index in [1.165, 1.54) is 6.07 Å². The summed E-state index contributed by atoms with van der Waals surface area (Å²) in [5.74, 6) is 0.789. The van der Waals surface area contributed by atoms with Gasteiger partial charge in [0.25, 0.3) is 5.69 Å². The summed E-state index contributed by atoms with van der Waals surface area (Å²) in [6, 6.07) is 14.7. The van der Waals surface area contributed by atoms with Crippen LogP contribution in [-0.2, 0) is 6.54 Å². The first-order valence-corrected chi connectivity index (χ1v) is 8.47. The Hall–Kier alpha value is -3.67. The number of aromatic nitrogens is 1. The van der Waals surface area contributed by atoms with Crippen molar-refractivity contribution in [2.24, 2.45) is 0 Å². The molecule has 4 rings (SSSR count). The minimum Gasteiger partial charge on any atom is -0.497 e. The Bertz CT molecular complexity index is 1030. The van der Waals surface area contributed by atoms with Crippen LogP contribution in [0.15, 0.2) is 60.9 Å². The Morgan fingerprint density at radius 3 is 2.56 bits per heavy atom. The molecule has 0 N–H and O–H groups in total. The molecule has 1 aliphatic heterocycles. The number of fused-ring (bicyclic) bond motifs is 2. The molecule has 0 radical (unpaired) electrons. The molecule has 0 bridgehead atoms. The van der Waals surface area contributed by atoms with Crippen molar-refractivity contribution in [3.63, 3.8) is 0 Å². The Balaban J connectivity index is 1.83. The predicted molar refractivity (Wildman–Crippen MR) is 105 cm³/mol. The van der Waals surface area contributed by atoms with Crippen molar-refractivity contribution in [3.05, 3.63) is 87.7 Å². The number of nitro groups is 1. The molecule has 0 spiro atoms. The van der Waals surface area contributed by atoms with Crippen LogP contribution in [-0.4, -0.2) is 17.0 Å². The highest BCUT2D eigenvalue weighted by molar-refractivity contribution is 5.89. The summed E-state index contributed by atoms with van der Waals surface area (Å²) in [7, 11) is 1.63. The lowest BCUT2D eigenvalue weighted by Crippen LogP contribution is -2.18. The third kappa shape index (κ3) is 3.25. The van der Waals surface area contributed by atoms with Crippen LogP contribution < -0.4 is 9.64 Å². The maximum Gasteiger partial charge on any atom is 0.271 e. The lowest BCUT2D eigenvalue weighted by atomic mass is 10.1. The Labute approximate surface area is 156 Å². The van der Waals surface area contributed by atoms with Gasteiger partial charge < -0.3 is 9.64 Å². The Morgan fingerprint density at radius 1 is 1.04 bits per heavy atom. The van der Waals surface area contributed by atoms with E-state index in [1.54, 1.807) is 31.6 Å². The lowest BCUT2D eigenvalue weighted by Gasteiger charge is -2.26. The van der Waals surface area contributed by atoms with Crippen LogP contribution in [0.25, 0.3) is 12.2 Å². The third-order valence-electron chi connectivity index (χ3n) is 4.58. The molecule has 1 aromatic heterocycles. The fourth-order valence-electron chi connectivity index (χ4n) is 3.19. The second kappa shape index (κ2) is 6.92. The average Bonchev–Trinajstić information content (AvgIpc) is 2.85. The quantitative estimate of drug-likeness (QED) is 0.493. The van der Waals surface area contributed by atoms with Gasteiger partial charge >= 0.3 is 0 Å². The van der Waals surface area contributed by atoms with Crippen molar-refractivity contribution in [3.8, 4) is 5.75 Å². The molecule has 6 heteroatoms. The van der Waals surface area contributed by atoms with Gasteiger partial charge in [-0.1, -0.05) is 24.3 Å². The number of hydrogen-bond acceptors (Lipinski definition) is 5. The van der Waals surface area contributed by atoms with Gasteiger partial charge in [0, 0.05) is 36.6 Å². The van der Waals surface area contributed by atoms with Gasteiger partial charge in [0.15, 0.2) is 0 Å². The predicted octanol–water partition coefficient (Wildman–Crippen LogP) is 4.82. The number of benzene rings is 2. The summed E-state index contributed by atoms with van der Waals surface area (Å²) >= 11 is 0. The second-order valence-corrected chi connectivity index (χ2v) is 6.20. The third-order valence-corrected chi connectivity index (χ3v) is 4.58. The standard InChI is InChI=1S/C21H17N3O3/c1-27-19-8-2-15(3-9-19)14-23-20-10-11-22-13-17(20)5-4-16-6-7-18(24(25)26)12-21(16)23/h2-13H,14H2,1H3. The molecule has 6 nitrogen and oxygen atoms in total. The number of ether oxygens (including phenoxy) is 1. The summed E-state index contributed by atoms with van der Waals surface area (Å²) < 4.78 is 5.23. The molecule has 0 fully saturated rings. The number of nitro benzene ring substituents is 1. The Morgan fingerprint density at radius 2 is 1.81 bits per heavy atom. The minimum absolute atomic E-state index is 0.0689. The zero-order chi connectivity index (χ0) is 18.8. The molecule has 2 aromatic carbocycles. The molecule has 1 aliphatic rings. The number of pyridine rings is 1. The molecule has 0 amide bonds. The van der Waals surface area contributed by atoms with Crippen molar-refractivity contribution in [2.45, 2.75) is 6.54 Å². The van der Waals surface area contributed by atoms with E-state index in [1.807, 2.05) is 42.5 Å². The zero-order valence-corrected chi connectivity index (χ0v) is 14.7. The molecule has 0 atom stereocenters. The summed E-state index contributed by atoms with van der Waals surface area (Å²) in [6.45, 7) is 0.566. The van der Waals surface area contributed by atoms with Crippen molar-refractivity contribution in [2.75, 3.05) is 12.0 Å². The normalized spacial score (nSPS) is 12.1. The Kier molecular flexibility index (Phi) is 4.30. The molecule has 3 aromatic rings. The van der Waals surface area contributed by atoms with Crippen molar-refractivity contribution >= 4 is 29.2 Å². The minimum atomic E-state index is -0.367. The number of nitrogens with zero attached hydrogens (tertiary/aromatic N) is 3. The number of non-ortho nitro benzene ring substituents is 1. The molecule has 134 valence electrons. The highest BCUT2D eigenvalue weighted by atomic mass is 16.6. The van der Waals surface area contributed by atoms with Crippen LogP contribution in [0.4, 0.5) is 17.1 Å². The maximum atomic E-state index is 11.3. The van der Waals surface area contributed by atoms with Gasteiger partial charge in [0.05, 0.1) is 23.4 Å². The fraction of sp³-hybridized carbons (Fsp3) is 0.0952. The lowest BCUT2D eigenvalue weighted by molar-refractivity contribution is -0.384. The van der Waals surface area contributed by atoms with Crippen molar-refractivity contribution in [1.82, 2.24) is 4.98 Å². The molecular weight excluding hydrogens is 342 g/mol. The zero-order valence-electron chi connectivity index (χ0n) is 14.7. The summed E-state index contributed by atoms with van der Waals surface area (Å²) in [6.07, 6.45) is 7.48. The molecule has 0 saturated carbocycles. The second-order valence-electron chi connectivity index (χ2n) is 6.20. The van der Waals surface area contributed by atoms with Crippen LogP contribution in [0, 0.1) is 10.1 Å². The number of methoxy groups -OCH3 is 1. The first-order valence-electron chi connectivity index (χ1n) is 8.47. The average molecular weight is 359 g/mol. The highest BCUT2D eigenvalue weighted by Gasteiger charge is 2.21. The van der Waals surface area contributed by atoms with Gasteiger partial charge in [-0.15, -0.1) is 0 Å². The molecule has 27 heavy (non-hydrogen) atoms. The summed E-state index contributed by atoms with van der Waals surface area (Å²) in [5.41, 5.74) is 4.77. The van der Waals surface area contributed by atoms with E-state index in [0.717, 1.165) is 33.8 Å². The van der Waals surface area contributed by atoms with E-state index in [9.17, 15) is 10.1 Å². The summed E-state index contributed by atoms with van der Waals surface area (Å²) in [4.78, 5) is 17.2. The van der Waals surface area contributed by atoms with Crippen molar-refractivity contribution < 1.29 is 9.66 Å². The van der Waals surface area contributed by atoms with E-state index >= 15 is 0 Å².